The van der Waals surface area contributed by atoms with Gasteiger partial charge in [0, 0.05) is 24.8 Å². The first-order valence-corrected chi connectivity index (χ1v) is 8.67. The smallest absolute Gasteiger partial charge is 0.324 e. The van der Waals surface area contributed by atoms with Gasteiger partial charge in [0.05, 0.1) is 0 Å². The van der Waals surface area contributed by atoms with E-state index in [2.05, 4.69) is 27.5 Å². The maximum atomic E-state index is 12.2. The Bertz CT molecular complexity index is 796. The number of rotatable bonds is 4. The van der Waals surface area contributed by atoms with Crippen LogP contribution in [-0.2, 0) is 6.42 Å². The fourth-order valence-corrected chi connectivity index (χ4v) is 2.91. The summed E-state index contributed by atoms with van der Waals surface area (Å²) in [4.78, 5) is 33.2. The first kappa shape index (κ1) is 17.0. The van der Waals surface area contributed by atoms with Crippen molar-refractivity contribution in [2.45, 2.75) is 32.6 Å². The molecule has 1 aliphatic heterocycles. The Morgan fingerprint density at radius 3 is 2.76 bits per heavy atom. The number of carbonyl (C=O) groups excluding carboxylic acids is 1. The second-order valence-corrected chi connectivity index (χ2v) is 6.14. The summed E-state index contributed by atoms with van der Waals surface area (Å²) >= 11 is 0. The van der Waals surface area contributed by atoms with E-state index >= 15 is 0 Å². The van der Waals surface area contributed by atoms with Crippen molar-refractivity contribution in [3.8, 4) is 0 Å². The van der Waals surface area contributed by atoms with E-state index in [1.807, 2.05) is 29.2 Å². The number of H-pyrrole nitrogens is 1. The molecule has 0 saturated carbocycles. The van der Waals surface area contributed by atoms with Crippen LogP contribution in [0.15, 0.2) is 35.1 Å². The number of aryl methyl sites for hydroxylation is 1. The molecular formula is C18H23N5O2. The minimum atomic E-state index is -0.420. The highest BCUT2D eigenvalue weighted by molar-refractivity contribution is 5.99. The van der Waals surface area contributed by atoms with Crippen LogP contribution < -0.4 is 21.1 Å². The van der Waals surface area contributed by atoms with Crippen molar-refractivity contribution in [1.29, 1.82) is 0 Å². The number of piperidine rings is 1. The summed E-state index contributed by atoms with van der Waals surface area (Å²) in [7, 11) is 0. The summed E-state index contributed by atoms with van der Waals surface area (Å²) in [6.07, 6.45) is 4.25. The summed E-state index contributed by atoms with van der Waals surface area (Å²) in [5.41, 5.74) is 1.57. The number of carbonyl (C=O) groups is 1. The molecule has 7 heteroatoms. The number of aromatic amines is 1. The molecule has 3 rings (SSSR count). The molecule has 0 aliphatic carbocycles. The van der Waals surface area contributed by atoms with Gasteiger partial charge in [0.25, 0.3) is 5.56 Å². The molecule has 0 atom stereocenters. The van der Waals surface area contributed by atoms with Gasteiger partial charge in [0.15, 0.2) is 0 Å². The minimum Gasteiger partial charge on any atom is -0.342 e. The Hall–Kier alpha value is -2.83. The average Bonchev–Trinajstić information content (AvgIpc) is 2.62. The van der Waals surface area contributed by atoms with Crippen LogP contribution >= 0.6 is 0 Å². The number of hydrogen-bond donors (Lipinski definition) is 3. The molecule has 0 unspecified atom stereocenters. The molecule has 2 aromatic rings. The molecule has 132 valence electrons. The molecule has 7 nitrogen and oxygen atoms in total. The van der Waals surface area contributed by atoms with Gasteiger partial charge in [-0.05, 0) is 43.4 Å². The maximum Gasteiger partial charge on any atom is 0.324 e. The van der Waals surface area contributed by atoms with Crippen molar-refractivity contribution >= 4 is 23.5 Å². The van der Waals surface area contributed by atoms with E-state index in [-0.39, 0.29) is 11.4 Å². The molecule has 3 N–H and O–H groups in total. The van der Waals surface area contributed by atoms with E-state index in [1.165, 1.54) is 12.5 Å². The third kappa shape index (κ3) is 4.59. The monoisotopic (exact) mass is 341 g/mol. The van der Waals surface area contributed by atoms with Crippen molar-refractivity contribution < 1.29 is 4.79 Å². The first-order chi connectivity index (χ1) is 12.1. The van der Waals surface area contributed by atoms with Crippen LogP contribution in [0.2, 0.25) is 0 Å². The summed E-state index contributed by atoms with van der Waals surface area (Å²) in [6, 6.07) is 8.51. The fraction of sp³-hybridized carbons (Fsp3) is 0.389. The zero-order valence-corrected chi connectivity index (χ0v) is 14.3. The topological polar surface area (TPSA) is 90.1 Å². The zero-order valence-electron chi connectivity index (χ0n) is 14.3. The van der Waals surface area contributed by atoms with E-state index in [1.54, 1.807) is 0 Å². The van der Waals surface area contributed by atoms with Gasteiger partial charge in [-0.2, -0.15) is 4.98 Å². The Morgan fingerprint density at radius 2 is 2.00 bits per heavy atom. The molecule has 25 heavy (non-hydrogen) atoms. The van der Waals surface area contributed by atoms with Crippen molar-refractivity contribution in [3.63, 3.8) is 0 Å². The van der Waals surface area contributed by atoms with E-state index in [0.717, 1.165) is 37.9 Å². The molecule has 1 aromatic heterocycles. The molecule has 0 spiro atoms. The van der Waals surface area contributed by atoms with Gasteiger partial charge < -0.3 is 10.2 Å². The molecule has 1 aromatic carbocycles. The van der Waals surface area contributed by atoms with Crippen LogP contribution in [0.1, 0.15) is 31.7 Å². The lowest BCUT2D eigenvalue weighted by atomic mass is 10.1. The third-order valence-electron chi connectivity index (χ3n) is 4.22. The van der Waals surface area contributed by atoms with Crippen LogP contribution in [-0.4, -0.2) is 29.1 Å². The zero-order chi connectivity index (χ0) is 17.6. The minimum absolute atomic E-state index is 0.244. The summed E-state index contributed by atoms with van der Waals surface area (Å²) in [6.45, 7) is 3.78. The molecule has 0 bridgehead atoms. The van der Waals surface area contributed by atoms with Gasteiger partial charge in [0.1, 0.15) is 5.82 Å². The molecule has 2 heterocycles. The van der Waals surface area contributed by atoms with Crippen molar-refractivity contribution in [2.75, 3.05) is 28.6 Å². The number of aromatic nitrogens is 2. The second kappa shape index (κ2) is 7.83. The normalized spacial score (nSPS) is 14.2. The number of benzene rings is 1. The number of anilines is 3. The van der Waals surface area contributed by atoms with Gasteiger partial charge in [-0.25, -0.2) is 4.79 Å². The SMILES string of the molecule is CCc1cccc(NC(=O)Nc2cc(=O)[nH]c(N3CCCCC3)n2)c1. The lowest BCUT2D eigenvalue weighted by Crippen LogP contribution is -2.33. The highest BCUT2D eigenvalue weighted by atomic mass is 16.2. The number of hydrogen-bond acceptors (Lipinski definition) is 4. The highest BCUT2D eigenvalue weighted by Gasteiger charge is 2.14. The molecule has 2 amide bonds. The lowest BCUT2D eigenvalue weighted by molar-refractivity contribution is 0.262. The Balaban J connectivity index is 1.70. The molecular weight excluding hydrogens is 318 g/mol. The summed E-state index contributed by atoms with van der Waals surface area (Å²) < 4.78 is 0. The Kier molecular flexibility index (Phi) is 5.33. The molecule has 1 fully saturated rings. The number of amides is 2. The predicted octanol–water partition coefficient (Wildman–Crippen LogP) is 2.97. The second-order valence-electron chi connectivity index (χ2n) is 6.14. The van der Waals surface area contributed by atoms with Crippen LogP contribution in [0, 0.1) is 0 Å². The standard InChI is InChI=1S/C18H23N5O2/c1-2-13-7-6-8-14(11-13)19-18(25)21-15-12-16(24)22-17(20-15)23-9-4-3-5-10-23/h6-8,11-12H,2-5,9-10H2,1H3,(H3,19,20,21,22,24,25). The van der Waals surface area contributed by atoms with Gasteiger partial charge >= 0.3 is 6.03 Å². The van der Waals surface area contributed by atoms with E-state index in [4.69, 9.17) is 0 Å². The van der Waals surface area contributed by atoms with Crippen LogP contribution in [0.5, 0.6) is 0 Å². The van der Waals surface area contributed by atoms with Crippen molar-refractivity contribution in [2.24, 2.45) is 0 Å². The molecule has 1 aliphatic rings. The van der Waals surface area contributed by atoms with Gasteiger partial charge in [-0.1, -0.05) is 19.1 Å². The Morgan fingerprint density at radius 1 is 1.20 bits per heavy atom. The average molecular weight is 341 g/mol. The number of nitrogens with one attached hydrogen (secondary N) is 3. The maximum absolute atomic E-state index is 12.2. The van der Waals surface area contributed by atoms with E-state index in [9.17, 15) is 9.59 Å². The quantitative estimate of drug-likeness (QED) is 0.797. The first-order valence-electron chi connectivity index (χ1n) is 8.67. The van der Waals surface area contributed by atoms with Gasteiger partial charge in [-0.15, -0.1) is 0 Å². The molecule has 0 radical (unpaired) electrons. The molecule has 1 saturated heterocycles. The van der Waals surface area contributed by atoms with Gasteiger partial charge in [0.2, 0.25) is 5.95 Å². The van der Waals surface area contributed by atoms with E-state index in [0.29, 0.717) is 11.6 Å². The predicted molar refractivity (Wildman–Crippen MR) is 99.4 cm³/mol. The third-order valence-corrected chi connectivity index (χ3v) is 4.22. The van der Waals surface area contributed by atoms with Gasteiger partial charge in [-0.3, -0.25) is 15.1 Å². The lowest BCUT2D eigenvalue weighted by Gasteiger charge is -2.27. The largest absolute Gasteiger partial charge is 0.342 e. The Labute approximate surface area is 146 Å². The van der Waals surface area contributed by atoms with Crippen LogP contribution in [0.3, 0.4) is 0 Å². The number of urea groups is 1. The van der Waals surface area contributed by atoms with Crippen molar-refractivity contribution in [3.05, 3.63) is 46.2 Å². The highest BCUT2D eigenvalue weighted by Crippen LogP contribution is 2.16. The van der Waals surface area contributed by atoms with E-state index < -0.39 is 6.03 Å². The van der Waals surface area contributed by atoms with Crippen molar-refractivity contribution in [1.82, 2.24) is 9.97 Å². The van der Waals surface area contributed by atoms with Crippen LogP contribution in [0.4, 0.5) is 22.2 Å². The van der Waals surface area contributed by atoms with Crippen LogP contribution in [0.25, 0.3) is 0 Å². The number of nitrogens with zero attached hydrogens (tertiary/aromatic N) is 2. The fourth-order valence-electron chi connectivity index (χ4n) is 2.91. The summed E-state index contributed by atoms with van der Waals surface area (Å²) in [5.74, 6) is 0.754. The summed E-state index contributed by atoms with van der Waals surface area (Å²) in [5, 5.41) is 5.41.